The second-order valence-corrected chi connectivity index (χ2v) is 11.4. The lowest BCUT2D eigenvalue weighted by molar-refractivity contribution is 0.102. The first kappa shape index (κ1) is 26.2. The molecule has 2 aliphatic carbocycles. The maximum atomic E-state index is 9.17. The van der Waals surface area contributed by atoms with Gasteiger partial charge in [-0.15, -0.1) is 0 Å². The van der Waals surface area contributed by atoms with Gasteiger partial charge in [0.25, 0.3) is 0 Å². The molecule has 0 spiro atoms. The minimum atomic E-state index is 0.364. The Morgan fingerprint density at radius 3 is 1.67 bits per heavy atom. The molecule has 30 heavy (non-hydrogen) atoms. The van der Waals surface area contributed by atoms with Crippen LogP contribution in [0.2, 0.25) is 0 Å². The third kappa shape index (κ3) is 8.48. The molecule has 0 aromatic heterocycles. The number of rotatable bonds is 14. The van der Waals surface area contributed by atoms with E-state index in [1.54, 1.807) is 25.7 Å². The van der Waals surface area contributed by atoms with Crippen LogP contribution < -0.4 is 0 Å². The molecule has 2 saturated carbocycles. The van der Waals surface area contributed by atoms with Gasteiger partial charge in [0.05, 0.1) is 0 Å². The van der Waals surface area contributed by atoms with Gasteiger partial charge in [-0.2, -0.15) is 0 Å². The van der Waals surface area contributed by atoms with E-state index < -0.39 is 0 Å². The molecule has 0 bridgehead atoms. The second kappa shape index (κ2) is 14.9. The van der Waals surface area contributed by atoms with E-state index in [1.165, 1.54) is 77.0 Å². The third-order valence-electron chi connectivity index (χ3n) is 9.40. The van der Waals surface area contributed by atoms with Crippen molar-refractivity contribution in [2.45, 2.75) is 137 Å². The van der Waals surface area contributed by atoms with Crippen molar-refractivity contribution in [3.63, 3.8) is 0 Å². The fourth-order valence-corrected chi connectivity index (χ4v) is 7.26. The van der Waals surface area contributed by atoms with Gasteiger partial charge < -0.3 is 5.11 Å². The van der Waals surface area contributed by atoms with Crippen LogP contribution in [0.3, 0.4) is 0 Å². The van der Waals surface area contributed by atoms with Gasteiger partial charge in [0.2, 0.25) is 0 Å². The zero-order valence-corrected chi connectivity index (χ0v) is 21.2. The van der Waals surface area contributed by atoms with Crippen molar-refractivity contribution in [3.8, 4) is 0 Å². The Morgan fingerprint density at radius 1 is 0.633 bits per heavy atom. The van der Waals surface area contributed by atoms with Gasteiger partial charge in [-0.25, -0.2) is 0 Å². The van der Waals surface area contributed by atoms with Crippen molar-refractivity contribution >= 4 is 0 Å². The van der Waals surface area contributed by atoms with Crippen molar-refractivity contribution < 1.29 is 5.11 Å². The third-order valence-corrected chi connectivity index (χ3v) is 9.40. The molecule has 2 fully saturated rings. The van der Waals surface area contributed by atoms with Crippen LogP contribution in [-0.2, 0) is 0 Å². The zero-order valence-electron chi connectivity index (χ0n) is 21.2. The molecular weight excluding hydrogens is 364 g/mol. The lowest BCUT2D eigenvalue weighted by Crippen LogP contribution is -2.30. The topological polar surface area (TPSA) is 20.2 Å². The van der Waals surface area contributed by atoms with Crippen LogP contribution in [0, 0.1) is 41.4 Å². The van der Waals surface area contributed by atoms with Gasteiger partial charge in [-0.05, 0) is 106 Å². The fraction of sp³-hybridized carbons (Fsp3) is 1.00. The quantitative estimate of drug-likeness (QED) is 0.297. The van der Waals surface area contributed by atoms with Crippen LogP contribution in [-0.4, -0.2) is 11.7 Å². The molecule has 1 nitrogen and oxygen atoms in total. The molecule has 0 aliphatic heterocycles. The van der Waals surface area contributed by atoms with E-state index in [4.69, 9.17) is 0 Å². The van der Waals surface area contributed by atoms with E-state index in [1.807, 2.05) is 0 Å². The van der Waals surface area contributed by atoms with E-state index in [-0.39, 0.29) is 0 Å². The highest BCUT2D eigenvalue weighted by Gasteiger charge is 2.34. The fourth-order valence-electron chi connectivity index (χ4n) is 7.26. The molecule has 2 unspecified atom stereocenters. The highest BCUT2D eigenvalue weighted by Crippen LogP contribution is 2.46. The van der Waals surface area contributed by atoms with Crippen molar-refractivity contribution in [1.82, 2.24) is 0 Å². The first-order valence-electron chi connectivity index (χ1n) is 14.2. The lowest BCUT2D eigenvalue weighted by Gasteiger charge is -2.41. The number of aliphatic hydroxyl groups is 1. The Kier molecular flexibility index (Phi) is 13.0. The Bertz CT molecular complexity index is 403. The normalized spacial score (nSPS) is 30.7. The van der Waals surface area contributed by atoms with E-state index in [0.29, 0.717) is 12.5 Å². The van der Waals surface area contributed by atoms with Crippen LogP contribution >= 0.6 is 0 Å². The molecule has 0 saturated heterocycles. The summed E-state index contributed by atoms with van der Waals surface area (Å²) in [5, 5.41) is 9.17. The molecule has 1 heteroatoms. The maximum absolute atomic E-state index is 9.17. The SMILES string of the molecule is CCCCC(CCC)C1CCC(C2CCC(C(CC)CC[C@@H](C)CCO)CC2)CC1. The number of hydrogen-bond donors (Lipinski definition) is 1. The maximum Gasteiger partial charge on any atom is 0.0433 e. The molecule has 2 rings (SSSR count). The van der Waals surface area contributed by atoms with Crippen LogP contribution in [0.5, 0.6) is 0 Å². The summed E-state index contributed by atoms with van der Waals surface area (Å²) in [5.74, 6) is 6.82. The Morgan fingerprint density at radius 2 is 1.20 bits per heavy atom. The summed E-state index contributed by atoms with van der Waals surface area (Å²) in [6.07, 6.45) is 24.5. The van der Waals surface area contributed by atoms with Gasteiger partial charge in [-0.3, -0.25) is 0 Å². The second-order valence-electron chi connectivity index (χ2n) is 11.4. The monoisotopic (exact) mass is 420 g/mol. The Balaban J connectivity index is 1.72. The van der Waals surface area contributed by atoms with Crippen molar-refractivity contribution in [2.24, 2.45) is 41.4 Å². The van der Waals surface area contributed by atoms with Gasteiger partial charge in [0, 0.05) is 6.61 Å². The summed E-state index contributed by atoms with van der Waals surface area (Å²) < 4.78 is 0. The molecule has 1 N–H and O–H groups in total. The molecule has 0 aromatic rings. The van der Waals surface area contributed by atoms with Crippen molar-refractivity contribution in [1.29, 1.82) is 0 Å². The first-order chi connectivity index (χ1) is 14.6. The van der Waals surface area contributed by atoms with Gasteiger partial charge in [0.1, 0.15) is 0 Å². The van der Waals surface area contributed by atoms with E-state index >= 15 is 0 Å². The lowest BCUT2D eigenvalue weighted by atomic mass is 9.65. The Hall–Kier alpha value is -0.0400. The molecule has 178 valence electrons. The summed E-state index contributed by atoms with van der Waals surface area (Å²) in [6, 6.07) is 0. The highest BCUT2D eigenvalue weighted by atomic mass is 16.3. The van der Waals surface area contributed by atoms with Gasteiger partial charge in [0.15, 0.2) is 0 Å². The van der Waals surface area contributed by atoms with Crippen LogP contribution in [0.15, 0.2) is 0 Å². The number of hydrogen-bond acceptors (Lipinski definition) is 1. The summed E-state index contributed by atoms with van der Waals surface area (Å²) in [4.78, 5) is 0. The minimum absolute atomic E-state index is 0.364. The Labute approximate surface area is 190 Å². The highest BCUT2D eigenvalue weighted by molar-refractivity contribution is 4.85. The summed E-state index contributed by atoms with van der Waals surface area (Å²) >= 11 is 0. The van der Waals surface area contributed by atoms with Crippen molar-refractivity contribution in [3.05, 3.63) is 0 Å². The smallest absolute Gasteiger partial charge is 0.0433 e. The largest absolute Gasteiger partial charge is 0.396 e. The average Bonchev–Trinajstić information content (AvgIpc) is 2.78. The minimum Gasteiger partial charge on any atom is -0.396 e. The number of unbranched alkanes of at least 4 members (excludes halogenated alkanes) is 1. The predicted molar refractivity (Wildman–Crippen MR) is 133 cm³/mol. The predicted octanol–water partition coefficient (Wildman–Crippen LogP) is 9.03. The van der Waals surface area contributed by atoms with Gasteiger partial charge >= 0.3 is 0 Å². The van der Waals surface area contributed by atoms with Crippen LogP contribution in [0.25, 0.3) is 0 Å². The van der Waals surface area contributed by atoms with Crippen molar-refractivity contribution in [2.75, 3.05) is 6.61 Å². The van der Waals surface area contributed by atoms with E-state index in [9.17, 15) is 5.11 Å². The molecule has 3 atom stereocenters. The van der Waals surface area contributed by atoms with E-state index in [2.05, 4.69) is 27.7 Å². The molecule has 0 aromatic carbocycles. The zero-order chi connectivity index (χ0) is 21.8. The molecule has 0 heterocycles. The standard InChI is InChI=1S/C29H56O/c1-5-8-10-25(9-6-2)27-17-19-29(20-18-27)28-15-13-26(14-16-28)24(7-3)12-11-23(4)21-22-30/h23-30H,5-22H2,1-4H3/t23-,24?,25?,26?,27?,28?,29?/m1/s1. The van der Waals surface area contributed by atoms with Crippen LogP contribution in [0.1, 0.15) is 137 Å². The summed E-state index contributed by atoms with van der Waals surface area (Å²) in [7, 11) is 0. The van der Waals surface area contributed by atoms with Gasteiger partial charge in [-0.1, -0.05) is 72.6 Å². The summed E-state index contributed by atoms with van der Waals surface area (Å²) in [6.45, 7) is 9.85. The number of aliphatic hydroxyl groups excluding tert-OH is 1. The summed E-state index contributed by atoms with van der Waals surface area (Å²) in [5.41, 5.74) is 0. The first-order valence-corrected chi connectivity index (χ1v) is 14.2. The molecule has 0 radical (unpaired) electrons. The van der Waals surface area contributed by atoms with E-state index in [0.717, 1.165) is 41.9 Å². The molecule has 2 aliphatic rings. The molecular formula is C29H56O. The average molecular weight is 421 g/mol. The molecule has 0 amide bonds. The van der Waals surface area contributed by atoms with Crippen LogP contribution in [0.4, 0.5) is 0 Å².